The molecular formula is C12H20N2O2S. The quantitative estimate of drug-likeness (QED) is 0.816. The number of anilines is 1. The summed E-state index contributed by atoms with van der Waals surface area (Å²) in [5, 5.41) is 3.30. The lowest BCUT2D eigenvalue weighted by atomic mass is 10.2. The molecule has 0 atom stereocenters. The highest BCUT2D eigenvalue weighted by molar-refractivity contribution is 7.88. The Morgan fingerprint density at radius 2 is 1.76 bits per heavy atom. The van der Waals surface area contributed by atoms with Crippen molar-refractivity contribution < 1.29 is 8.42 Å². The summed E-state index contributed by atoms with van der Waals surface area (Å²) in [6.45, 7) is 5.57. The van der Waals surface area contributed by atoms with Crippen molar-refractivity contribution in [1.82, 2.24) is 4.72 Å². The molecule has 0 aliphatic carbocycles. The Morgan fingerprint density at radius 1 is 1.18 bits per heavy atom. The highest BCUT2D eigenvalue weighted by atomic mass is 32.2. The fraction of sp³-hybridized carbons (Fsp3) is 0.500. The molecule has 0 unspecified atom stereocenters. The molecule has 2 N–H and O–H groups in total. The van der Waals surface area contributed by atoms with Crippen LogP contribution in [0.4, 0.5) is 5.69 Å². The Hall–Kier alpha value is -1.07. The van der Waals surface area contributed by atoms with Gasteiger partial charge in [0.25, 0.3) is 0 Å². The second-order valence-corrected chi connectivity index (χ2v) is 6.40. The zero-order chi connectivity index (χ0) is 12.9. The standard InChI is InChI=1S/C12H20N2O2S/c1-10(2)8-13-12-6-4-11(5-7-12)9-14-17(3,15)16/h4-7,10,13-14H,8-9H2,1-3H3. The first-order valence-corrected chi connectivity index (χ1v) is 7.53. The van der Waals surface area contributed by atoms with Gasteiger partial charge in [-0.25, -0.2) is 13.1 Å². The zero-order valence-electron chi connectivity index (χ0n) is 10.5. The van der Waals surface area contributed by atoms with Gasteiger partial charge >= 0.3 is 0 Å². The van der Waals surface area contributed by atoms with Crippen molar-refractivity contribution in [3.63, 3.8) is 0 Å². The van der Waals surface area contributed by atoms with E-state index in [1.54, 1.807) is 0 Å². The summed E-state index contributed by atoms with van der Waals surface area (Å²) >= 11 is 0. The van der Waals surface area contributed by atoms with E-state index in [9.17, 15) is 8.42 Å². The van der Waals surface area contributed by atoms with Crippen molar-refractivity contribution in [3.05, 3.63) is 29.8 Å². The van der Waals surface area contributed by atoms with Crippen LogP contribution in [0.5, 0.6) is 0 Å². The maximum absolute atomic E-state index is 10.9. The predicted octanol–water partition coefficient (Wildman–Crippen LogP) is 1.80. The average molecular weight is 256 g/mol. The molecule has 0 aliphatic rings. The summed E-state index contributed by atoms with van der Waals surface area (Å²) in [6.07, 6.45) is 1.16. The largest absolute Gasteiger partial charge is 0.385 e. The van der Waals surface area contributed by atoms with Gasteiger partial charge in [0.1, 0.15) is 0 Å². The zero-order valence-corrected chi connectivity index (χ0v) is 11.3. The van der Waals surface area contributed by atoms with Crippen LogP contribution < -0.4 is 10.0 Å². The molecule has 96 valence electrons. The second-order valence-electron chi connectivity index (χ2n) is 4.56. The minimum Gasteiger partial charge on any atom is -0.385 e. The van der Waals surface area contributed by atoms with E-state index in [-0.39, 0.29) is 0 Å². The Morgan fingerprint density at radius 3 is 2.24 bits per heavy atom. The molecule has 4 nitrogen and oxygen atoms in total. The molecule has 0 fully saturated rings. The fourth-order valence-corrected chi connectivity index (χ4v) is 1.71. The van der Waals surface area contributed by atoms with Crippen molar-refractivity contribution in [3.8, 4) is 0 Å². The molecular weight excluding hydrogens is 236 g/mol. The maximum Gasteiger partial charge on any atom is 0.209 e. The van der Waals surface area contributed by atoms with Crippen LogP contribution in [0.1, 0.15) is 19.4 Å². The van der Waals surface area contributed by atoms with Gasteiger partial charge in [0.2, 0.25) is 10.0 Å². The lowest BCUT2D eigenvalue weighted by Crippen LogP contribution is -2.21. The molecule has 1 aromatic rings. The highest BCUT2D eigenvalue weighted by Gasteiger charge is 2.01. The molecule has 0 saturated carbocycles. The third-order valence-electron chi connectivity index (χ3n) is 2.21. The van der Waals surface area contributed by atoms with Crippen LogP contribution in [0, 0.1) is 5.92 Å². The molecule has 1 aromatic carbocycles. The number of rotatable bonds is 6. The van der Waals surface area contributed by atoms with Crippen molar-refractivity contribution in [2.75, 3.05) is 18.1 Å². The van der Waals surface area contributed by atoms with E-state index in [0.29, 0.717) is 12.5 Å². The van der Waals surface area contributed by atoms with Crippen LogP contribution in [-0.2, 0) is 16.6 Å². The summed E-state index contributed by atoms with van der Waals surface area (Å²) in [5.41, 5.74) is 2.01. The Bertz CT molecular complexity index is 438. The Labute approximate surface area is 103 Å². The van der Waals surface area contributed by atoms with Crippen molar-refractivity contribution in [2.45, 2.75) is 20.4 Å². The monoisotopic (exact) mass is 256 g/mol. The summed E-state index contributed by atoms with van der Waals surface area (Å²) in [4.78, 5) is 0. The maximum atomic E-state index is 10.9. The van der Waals surface area contributed by atoms with Crippen LogP contribution in [0.25, 0.3) is 0 Å². The summed E-state index contributed by atoms with van der Waals surface area (Å²) in [5.74, 6) is 0.599. The lowest BCUT2D eigenvalue weighted by Gasteiger charge is -2.09. The summed E-state index contributed by atoms with van der Waals surface area (Å²) < 4.78 is 24.3. The van der Waals surface area contributed by atoms with Crippen LogP contribution in [0.3, 0.4) is 0 Å². The number of hydrogen-bond acceptors (Lipinski definition) is 3. The van der Waals surface area contributed by atoms with Gasteiger partial charge < -0.3 is 5.32 Å². The summed E-state index contributed by atoms with van der Waals surface area (Å²) in [7, 11) is -3.12. The van der Waals surface area contributed by atoms with Crippen LogP contribution >= 0.6 is 0 Å². The van der Waals surface area contributed by atoms with E-state index in [1.807, 2.05) is 24.3 Å². The van der Waals surface area contributed by atoms with Crippen LogP contribution in [0.2, 0.25) is 0 Å². The molecule has 0 aromatic heterocycles. The van der Waals surface area contributed by atoms with E-state index < -0.39 is 10.0 Å². The third kappa shape index (κ3) is 6.28. The molecule has 0 saturated heterocycles. The van der Waals surface area contributed by atoms with Gasteiger partial charge in [-0.3, -0.25) is 0 Å². The molecule has 0 radical (unpaired) electrons. The number of nitrogens with one attached hydrogen (secondary N) is 2. The van der Waals surface area contributed by atoms with Gasteiger partial charge in [0.15, 0.2) is 0 Å². The summed E-state index contributed by atoms with van der Waals surface area (Å²) in [6, 6.07) is 7.75. The van der Waals surface area contributed by atoms with Gasteiger partial charge in [0, 0.05) is 18.8 Å². The topological polar surface area (TPSA) is 58.2 Å². The first kappa shape index (κ1) is 14.0. The lowest BCUT2D eigenvalue weighted by molar-refractivity contribution is 0.587. The van der Waals surface area contributed by atoms with Crippen molar-refractivity contribution in [1.29, 1.82) is 0 Å². The van der Waals surface area contributed by atoms with Gasteiger partial charge in [0.05, 0.1) is 6.26 Å². The third-order valence-corrected chi connectivity index (χ3v) is 2.88. The molecule has 0 spiro atoms. The number of hydrogen-bond donors (Lipinski definition) is 2. The normalized spacial score (nSPS) is 11.8. The Balaban J connectivity index is 2.50. The van der Waals surface area contributed by atoms with Gasteiger partial charge in [-0.15, -0.1) is 0 Å². The van der Waals surface area contributed by atoms with Crippen LogP contribution in [-0.4, -0.2) is 21.2 Å². The molecule has 0 bridgehead atoms. The highest BCUT2D eigenvalue weighted by Crippen LogP contribution is 2.10. The van der Waals surface area contributed by atoms with Crippen molar-refractivity contribution >= 4 is 15.7 Å². The molecule has 0 heterocycles. The van der Waals surface area contributed by atoms with Crippen molar-refractivity contribution in [2.24, 2.45) is 5.92 Å². The molecule has 17 heavy (non-hydrogen) atoms. The molecule has 5 heteroatoms. The number of benzene rings is 1. The molecule has 0 aliphatic heterocycles. The average Bonchev–Trinajstić information content (AvgIpc) is 2.24. The number of sulfonamides is 1. The fourth-order valence-electron chi connectivity index (χ4n) is 1.28. The SMILES string of the molecule is CC(C)CNc1ccc(CNS(C)(=O)=O)cc1. The van der Waals surface area contributed by atoms with Gasteiger partial charge in [-0.05, 0) is 23.6 Å². The second kappa shape index (κ2) is 6.02. The van der Waals surface area contributed by atoms with E-state index in [0.717, 1.165) is 24.1 Å². The first-order chi connectivity index (χ1) is 7.87. The smallest absolute Gasteiger partial charge is 0.209 e. The van der Waals surface area contributed by atoms with E-state index in [4.69, 9.17) is 0 Å². The van der Waals surface area contributed by atoms with E-state index >= 15 is 0 Å². The van der Waals surface area contributed by atoms with Crippen LogP contribution in [0.15, 0.2) is 24.3 Å². The van der Waals surface area contributed by atoms with E-state index in [1.165, 1.54) is 0 Å². The Kier molecular flexibility index (Phi) is 4.96. The predicted molar refractivity (Wildman–Crippen MR) is 71.5 cm³/mol. The van der Waals surface area contributed by atoms with E-state index in [2.05, 4.69) is 23.9 Å². The minimum atomic E-state index is -3.12. The first-order valence-electron chi connectivity index (χ1n) is 5.64. The van der Waals surface area contributed by atoms with Gasteiger partial charge in [-0.1, -0.05) is 26.0 Å². The molecule has 0 amide bonds. The van der Waals surface area contributed by atoms with Gasteiger partial charge in [-0.2, -0.15) is 0 Å². The minimum absolute atomic E-state index is 0.337. The molecule has 1 rings (SSSR count).